The number of ether oxygens (including phenoxy) is 1. The molecule has 0 aliphatic carbocycles. The van der Waals surface area contributed by atoms with Crippen molar-refractivity contribution in [3.63, 3.8) is 0 Å². The molecular weight excluding hydrogens is 438 g/mol. The first kappa shape index (κ1) is 21.2. The summed E-state index contributed by atoms with van der Waals surface area (Å²) in [6.07, 6.45) is 9.01. The van der Waals surface area contributed by atoms with Gasteiger partial charge in [-0.3, -0.25) is 9.20 Å². The summed E-state index contributed by atoms with van der Waals surface area (Å²) in [6.45, 7) is 1.94. The first-order valence-corrected chi connectivity index (χ1v) is 11.5. The first-order valence-electron chi connectivity index (χ1n) is 10.7. The molecule has 1 aromatic carbocycles. The fraction of sp³-hybridized carbons (Fsp3) is 0.240. The van der Waals surface area contributed by atoms with Gasteiger partial charge >= 0.3 is 0 Å². The van der Waals surface area contributed by atoms with Crippen LogP contribution in [-0.4, -0.2) is 21.5 Å². The Labute approximate surface area is 194 Å². The molecule has 0 aliphatic heterocycles. The van der Waals surface area contributed by atoms with Crippen molar-refractivity contribution in [1.29, 1.82) is 0 Å². The Morgan fingerprint density at radius 2 is 1.73 bits per heavy atom. The predicted molar refractivity (Wildman–Crippen MR) is 126 cm³/mol. The molecule has 4 aromatic heterocycles. The van der Waals surface area contributed by atoms with Gasteiger partial charge in [-0.2, -0.15) is 0 Å². The van der Waals surface area contributed by atoms with Gasteiger partial charge in [-0.05, 0) is 49.4 Å². The Bertz CT molecular complexity index is 1430. The van der Waals surface area contributed by atoms with E-state index in [9.17, 15) is 4.79 Å². The van der Waals surface area contributed by atoms with E-state index in [1.807, 2.05) is 31.2 Å². The van der Waals surface area contributed by atoms with Crippen LogP contribution in [0.15, 0.2) is 68.9 Å². The van der Waals surface area contributed by atoms with Gasteiger partial charge in [0.25, 0.3) is 5.56 Å². The molecule has 0 saturated heterocycles. The second-order valence-corrected chi connectivity index (χ2v) is 8.73. The maximum Gasteiger partial charge on any atom is 0.259 e. The molecule has 0 radical (unpaired) electrons. The van der Waals surface area contributed by atoms with Crippen LogP contribution < -0.4 is 10.3 Å². The number of nitrogens with zero attached hydrogens (tertiary/aromatic N) is 3. The summed E-state index contributed by atoms with van der Waals surface area (Å²) < 4.78 is 18.2. The van der Waals surface area contributed by atoms with E-state index in [-0.39, 0.29) is 5.56 Å². The number of hydrogen-bond acceptors (Lipinski definition) is 7. The maximum absolute atomic E-state index is 13.5. The Morgan fingerprint density at radius 1 is 0.970 bits per heavy atom. The van der Waals surface area contributed by atoms with Crippen molar-refractivity contribution in [2.75, 3.05) is 7.11 Å². The van der Waals surface area contributed by atoms with Gasteiger partial charge < -0.3 is 13.6 Å². The van der Waals surface area contributed by atoms with E-state index in [4.69, 9.17) is 13.6 Å². The smallest absolute Gasteiger partial charge is 0.259 e. The minimum atomic E-state index is -0.0239. The Kier molecular flexibility index (Phi) is 5.83. The molecule has 0 amide bonds. The number of aryl methyl sites for hydroxylation is 5. The third-order valence-electron chi connectivity index (χ3n) is 5.74. The molecule has 0 N–H and O–H groups in total. The lowest BCUT2D eigenvalue weighted by molar-refractivity contribution is 0.409. The van der Waals surface area contributed by atoms with Crippen LogP contribution in [0.1, 0.15) is 28.3 Å². The third-order valence-corrected chi connectivity index (χ3v) is 7.05. The van der Waals surface area contributed by atoms with Crippen molar-refractivity contribution < 1.29 is 13.6 Å². The summed E-state index contributed by atoms with van der Waals surface area (Å²) in [5, 5.41) is 0. The zero-order valence-electron chi connectivity index (χ0n) is 18.4. The average Bonchev–Trinajstić information content (AvgIpc) is 3.60. The van der Waals surface area contributed by atoms with Gasteiger partial charge in [-0.15, -0.1) is 11.3 Å². The SMILES string of the molecule is COc1ccccc1CCc1cc(CCc2ncco2)c(=O)n2c(C)c(-c3ncco3)sc12. The zero-order chi connectivity index (χ0) is 22.8. The van der Waals surface area contributed by atoms with E-state index in [0.29, 0.717) is 24.6 Å². The molecule has 0 aliphatic rings. The van der Waals surface area contributed by atoms with Gasteiger partial charge in [-0.1, -0.05) is 18.2 Å². The molecule has 5 aromatic rings. The van der Waals surface area contributed by atoms with E-state index in [0.717, 1.165) is 50.7 Å². The summed E-state index contributed by atoms with van der Waals surface area (Å²) in [7, 11) is 1.69. The molecular formula is C25H23N3O4S. The van der Waals surface area contributed by atoms with E-state index < -0.39 is 0 Å². The number of aromatic nitrogens is 3. The van der Waals surface area contributed by atoms with Crippen molar-refractivity contribution in [3.8, 4) is 16.5 Å². The molecule has 0 atom stereocenters. The summed E-state index contributed by atoms with van der Waals surface area (Å²) in [5.41, 5.74) is 3.78. The monoisotopic (exact) mass is 461 g/mol. The lowest BCUT2D eigenvalue weighted by atomic mass is 10.0. The molecule has 8 heteroatoms. The van der Waals surface area contributed by atoms with Crippen LogP contribution in [-0.2, 0) is 25.7 Å². The zero-order valence-corrected chi connectivity index (χ0v) is 19.2. The van der Waals surface area contributed by atoms with Crippen LogP contribution in [0, 0.1) is 6.92 Å². The number of para-hydroxylation sites is 1. The average molecular weight is 462 g/mol. The first-order chi connectivity index (χ1) is 16.2. The van der Waals surface area contributed by atoms with E-state index in [1.54, 1.807) is 36.4 Å². The molecule has 0 spiro atoms. The maximum atomic E-state index is 13.5. The van der Waals surface area contributed by atoms with Gasteiger partial charge in [0.1, 0.15) is 28.0 Å². The minimum Gasteiger partial charge on any atom is -0.496 e. The molecule has 33 heavy (non-hydrogen) atoms. The fourth-order valence-electron chi connectivity index (χ4n) is 4.09. The molecule has 0 fully saturated rings. The molecule has 168 valence electrons. The van der Waals surface area contributed by atoms with E-state index in [2.05, 4.69) is 16.0 Å². The van der Waals surface area contributed by atoms with Gasteiger partial charge in [0.05, 0.1) is 19.5 Å². The van der Waals surface area contributed by atoms with Gasteiger partial charge in [0, 0.05) is 17.7 Å². The predicted octanol–water partition coefficient (Wildman–Crippen LogP) is 4.89. The summed E-state index contributed by atoms with van der Waals surface area (Å²) in [5.74, 6) is 2.02. The van der Waals surface area contributed by atoms with Gasteiger partial charge in [-0.25, -0.2) is 9.97 Å². The van der Waals surface area contributed by atoms with Crippen LogP contribution in [0.2, 0.25) is 0 Å². The molecule has 5 rings (SSSR count). The largest absolute Gasteiger partial charge is 0.496 e. The second kappa shape index (κ2) is 9.07. The van der Waals surface area contributed by atoms with Crippen molar-refractivity contribution in [2.24, 2.45) is 0 Å². The number of hydrogen-bond donors (Lipinski definition) is 0. The highest BCUT2D eigenvalue weighted by atomic mass is 32.1. The van der Waals surface area contributed by atoms with Gasteiger partial charge in [0.15, 0.2) is 5.89 Å². The minimum absolute atomic E-state index is 0.0239. The van der Waals surface area contributed by atoms with Crippen LogP contribution in [0.5, 0.6) is 5.75 Å². The van der Waals surface area contributed by atoms with Crippen molar-refractivity contribution >= 4 is 16.2 Å². The number of pyridine rings is 1. The Morgan fingerprint density at radius 3 is 2.48 bits per heavy atom. The number of fused-ring (bicyclic) bond motifs is 1. The lowest BCUT2D eigenvalue weighted by Crippen LogP contribution is -2.20. The molecule has 4 heterocycles. The van der Waals surface area contributed by atoms with Crippen LogP contribution in [0.4, 0.5) is 0 Å². The number of benzene rings is 1. The Hall–Kier alpha value is -3.65. The van der Waals surface area contributed by atoms with Crippen molar-refractivity contribution in [3.05, 3.63) is 93.9 Å². The number of rotatable bonds is 8. The number of thiazole rings is 1. The number of methoxy groups -OCH3 is 1. The molecule has 0 bridgehead atoms. The molecule has 0 unspecified atom stereocenters. The third kappa shape index (κ3) is 4.09. The van der Waals surface area contributed by atoms with Crippen LogP contribution in [0.3, 0.4) is 0 Å². The standard InChI is InChI=1S/C25H23N3O4S/c1-16-22(23-27-12-14-32-23)33-25-19(8-7-17-5-3-4-6-20(17)30-2)15-18(24(29)28(16)25)9-10-21-26-11-13-31-21/h3-6,11-15H,7-10H2,1-2H3. The number of oxazole rings is 2. The van der Waals surface area contributed by atoms with Crippen LogP contribution in [0.25, 0.3) is 15.6 Å². The summed E-state index contributed by atoms with van der Waals surface area (Å²) in [6, 6.07) is 10.1. The fourth-order valence-corrected chi connectivity index (χ4v) is 5.31. The van der Waals surface area contributed by atoms with E-state index in [1.165, 1.54) is 11.3 Å². The highest BCUT2D eigenvalue weighted by Crippen LogP contribution is 2.33. The van der Waals surface area contributed by atoms with Crippen molar-refractivity contribution in [2.45, 2.75) is 32.6 Å². The summed E-state index contributed by atoms with van der Waals surface area (Å²) >= 11 is 1.54. The Balaban J connectivity index is 1.58. The molecule has 0 saturated carbocycles. The lowest BCUT2D eigenvalue weighted by Gasteiger charge is -2.11. The highest BCUT2D eigenvalue weighted by molar-refractivity contribution is 7.21. The topological polar surface area (TPSA) is 82.8 Å². The van der Waals surface area contributed by atoms with Crippen molar-refractivity contribution in [1.82, 2.24) is 14.4 Å². The van der Waals surface area contributed by atoms with Gasteiger partial charge in [0.2, 0.25) is 5.89 Å². The quantitative estimate of drug-likeness (QED) is 0.327. The summed E-state index contributed by atoms with van der Waals surface area (Å²) in [4.78, 5) is 23.7. The van der Waals surface area contributed by atoms with E-state index >= 15 is 0 Å². The highest BCUT2D eigenvalue weighted by Gasteiger charge is 2.20. The normalized spacial score (nSPS) is 11.3. The molecule has 7 nitrogen and oxygen atoms in total. The van der Waals surface area contributed by atoms with Crippen LogP contribution >= 0.6 is 11.3 Å². The second-order valence-electron chi connectivity index (χ2n) is 7.73.